The van der Waals surface area contributed by atoms with Gasteiger partial charge in [0, 0.05) is 17.9 Å². The second-order valence-corrected chi connectivity index (χ2v) is 9.37. The van der Waals surface area contributed by atoms with E-state index in [-0.39, 0.29) is 43.0 Å². The van der Waals surface area contributed by atoms with E-state index in [1.165, 1.54) is 0 Å². The number of nitrogen functional groups attached to an aromatic ring is 1. The number of carbonyl (C=O) groups excluding carboxylic acids is 2. The zero-order valence-corrected chi connectivity index (χ0v) is 20.7. The summed E-state index contributed by atoms with van der Waals surface area (Å²) >= 11 is 2.08. The highest BCUT2D eigenvalue weighted by Crippen LogP contribution is 2.45. The van der Waals surface area contributed by atoms with Crippen molar-refractivity contribution in [2.24, 2.45) is 11.8 Å². The number of anilines is 1. The summed E-state index contributed by atoms with van der Waals surface area (Å²) in [5.41, 5.74) is 8.16. The topological polar surface area (TPSA) is 122 Å². The van der Waals surface area contributed by atoms with Gasteiger partial charge in [-0.25, -0.2) is 19.6 Å². The molecule has 1 aliphatic rings. The number of imidazole rings is 1. The van der Waals surface area contributed by atoms with E-state index in [1.807, 2.05) is 16.7 Å². The van der Waals surface area contributed by atoms with Crippen molar-refractivity contribution < 1.29 is 19.1 Å². The molecule has 0 bridgehead atoms. The summed E-state index contributed by atoms with van der Waals surface area (Å²) in [6.45, 7) is 0.391. The minimum Gasteiger partial charge on any atom is -0.462 e. The van der Waals surface area contributed by atoms with Crippen LogP contribution >= 0.6 is 22.6 Å². The molecule has 0 radical (unpaired) electrons. The van der Waals surface area contributed by atoms with E-state index in [2.05, 4.69) is 37.5 Å². The molecular formula is C25H22IN5O4. The Morgan fingerprint density at radius 2 is 1.54 bits per heavy atom. The number of carbonyl (C=O) groups is 2. The first-order valence-electron chi connectivity index (χ1n) is 11.1. The number of aromatic nitrogens is 4. The molecule has 1 fully saturated rings. The fourth-order valence-corrected chi connectivity index (χ4v) is 4.97. The predicted octanol–water partition coefficient (Wildman–Crippen LogP) is 3.90. The number of esters is 2. The third-order valence-corrected chi connectivity index (χ3v) is 7.00. The molecule has 0 aliphatic heterocycles. The summed E-state index contributed by atoms with van der Waals surface area (Å²) in [7, 11) is 0. The van der Waals surface area contributed by atoms with Crippen LogP contribution in [0.3, 0.4) is 0 Å². The van der Waals surface area contributed by atoms with Crippen LogP contribution in [0.1, 0.15) is 33.2 Å². The molecular weight excluding hydrogens is 561 g/mol. The number of hydrogen-bond donors (Lipinski definition) is 1. The molecule has 0 spiro atoms. The Morgan fingerprint density at radius 1 is 0.943 bits per heavy atom. The van der Waals surface area contributed by atoms with Crippen LogP contribution in [-0.2, 0) is 9.47 Å². The number of benzene rings is 2. The fourth-order valence-electron chi connectivity index (χ4n) is 4.35. The predicted molar refractivity (Wildman–Crippen MR) is 137 cm³/mol. The van der Waals surface area contributed by atoms with Gasteiger partial charge in [0.2, 0.25) is 5.95 Å². The van der Waals surface area contributed by atoms with E-state index in [0.29, 0.717) is 32.4 Å². The van der Waals surface area contributed by atoms with E-state index in [1.54, 1.807) is 54.9 Å². The van der Waals surface area contributed by atoms with Crippen molar-refractivity contribution in [2.75, 3.05) is 18.9 Å². The van der Waals surface area contributed by atoms with Gasteiger partial charge in [-0.1, -0.05) is 36.4 Å². The van der Waals surface area contributed by atoms with Crippen LogP contribution in [-0.4, -0.2) is 44.7 Å². The maximum atomic E-state index is 12.6. The highest BCUT2D eigenvalue weighted by atomic mass is 127. The Labute approximate surface area is 214 Å². The molecule has 2 N–H and O–H groups in total. The standard InChI is InChI=1S/C25H22IN5O4/c26-21-20-22(30-25(27)29-21)31(14-28-20)19-11-17(12-34-23(32)15-7-3-1-4-8-15)18(19)13-35-24(33)16-9-5-2-6-10-16/h1-10,14,17-19H,11-13H2,(H2,27,29,30)/t17-,18?,19+/m0/s1. The number of nitrogens with zero attached hydrogens (tertiary/aromatic N) is 4. The van der Waals surface area contributed by atoms with Crippen molar-refractivity contribution in [1.82, 2.24) is 19.5 Å². The molecule has 178 valence electrons. The maximum Gasteiger partial charge on any atom is 0.338 e. The molecule has 0 saturated heterocycles. The normalized spacial score (nSPS) is 19.2. The lowest BCUT2D eigenvalue weighted by molar-refractivity contribution is -0.0308. The molecule has 5 rings (SSSR count). The number of nitrogens with two attached hydrogens (primary N) is 1. The minimum absolute atomic E-state index is 0.00643. The van der Waals surface area contributed by atoms with E-state index in [4.69, 9.17) is 15.2 Å². The SMILES string of the molecule is Nc1nc(I)c2ncn([C@@H]3C[C@@H](COC(=O)c4ccccc4)C3COC(=O)c3ccccc3)c2n1. The molecule has 35 heavy (non-hydrogen) atoms. The molecule has 2 aromatic heterocycles. The van der Waals surface area contributed by atoms with Gasteiger partial charge in [-0.2, -0.15) is 4.98 Å². The van der Waals surface area contributed by atoms with E-state index >= 15 is 0 Å². The van der Waals surface area contributed by atoms with Crippen LogP contribution in [0.25, 0.3) is 11.2 Å². The summed E-state index contributed by atoms with van der Waals surface area (Å²) < 4.78 is 13.9. The van der Waals surface area contributed by atoms with Crippen LogP contribution in [0.15, 0.2) is 67.0 Å². The van der Waals surface area contributed by atoms with Crippen molar-refractivity contribution in [3.05, 3.63) is 81.8 Å². The number of ether oxygens (including phenoxy) is 2. The van der Waals surface area contributed by atoms with E-state index in [9.17, 15) is 9.59 Å². The van der Waals surface area contributed by atoms with E-state index in [0.717, 1.165) is 0 Å². The largest absolute Gasteiger partial charge is 0.462 e. The average Bonchev–Trinajstić information content (AvgIpc) is 3.28. The first-order chi connectivity index (χ1) is 17.0. The van der Waals surface area contributed by atoms with Crippen molar-refractivity contribution in [1.29, 1.82) is 0 Å². The lowest BCUT2D eigenvalue weighted by atomic mass is 9.69. The minimum atomic E-state index is -0.395. The molecule has 4 aromatic rings. The molecule has 9 nitrogen and oxygen atoms in total. The number of halogens is 1. The Kier molecular flexibility index (Phi) is 6.62. The van der Waals surface area contributed by atoms with Crippen LogP contribution in [0.4, 0.5) is 5.95 Å². The monoisotopic (exact) mass is 583 g/mol. The van der Waals surface area contributed by atoms with Crippen molar-refractivity contribution in [3.8, 4) is 0 Å². The summed E-state index contributed by atoms with van der Waals surface area (Å²) in [6, 6.07) is 17.7. The van der Waals surface area contributed by atoms with Crippen LogP contribution < -0.4 is 5.73 Å². The Bertz CT molecular complexity index is 1360. The Balaban J connectivity index is 1.34. The van der Waals surface area contributed by atoms with Gasteiger partial charge >= 0.3 is 11.9 Å². The third-order valence-electron chi connectivity index (χ3n) is 6.25. The fraction of sp³-hybridized carbons (Fsp3) is 0.240. The summed E-state index contributed by atoms with van der Waals surface area (Å²) in [6.07, 6.45) is 2.42. The first-order valence-corrected chi connectivity index (χ1v) is 12.2. The van der Waals surface area contributed by atoms with E-state index < -0.39 is 5.97 Å². The molecule has 1 aliphatic carbocycles. The zero-order chi connectivity index (χ0) is 24.4. The zero-order valence-electron chi connectivity index (χ0n) is 18.6. The third kappa shape index (κ3) is 4.83. The summed E-state index contributed by atoms with van der Waals surface area (Å²) in [5.74, 6) is -0.696. The Morgan fingerprint density at radius 3 is 2.17 bits per heavy atom. The summed E-state index contributed by atoms with van der Waals surface area (Å²) in [4.78, 5) is 38.0. The highest BCUT2D eigenvalue weighted by molar-refractivity contribution is 14.1. The molecule has 3 atom stereocenters. The van der Waals surface area contributed by atoms with Gasteiger partial charge < -0.3 is 19.8 Å². The quantitative estimate of drug-likeness (QED) is 0.198. The Hall–Kier alpha value is -3.54. The molecule has 1 saturated carbocycles. The van der Waals surface area contributed by atoms with Crippen LogP contribution in [0.5, 0.6) is 0 Å². The summed E-state index contributed by atoms with van der Waals surface area (Å²) in [5, 5.41) is 0. The van der Waals surface area contributed by atoms with Gasteiger partial charge in [-0.15, -0.1) is 0 Å². The molecule has 2 heterocycles. The second-order valence-electron chi connectivity index (χ2n) is 8.35. The van der Waals surface area contributed by atoms with Gasteiger partial charge in [-0.05, 0) is 53.3 Å². The second kappa shape index (κ2) is 9.98. The van der Waals surface area contributed by atoms with Crippen LogP contribution in [0.2, 0.25) is 0 Å². The van der Waals surface area contributed by atoms with Crippen LogP contribution in [0, 0.1) is 15.5 Å². The van der Waals surface area contributed by atoms with Gasteiger partial charge in [0.25, 0.3) is 0 Å². The number of hydrogen-bond acceptors (Lipinski definition) is 8. The highest BCUT2D eigenvalue weighted by Gasteiger charge is 2.44. The van der Waals surface area contributed by atoms with Gasteiger partial charge in [0.15, 0.2) is 5.65 Å². The lowest BCUT2D eigenvalue weighted by Gasteiger charge is -2.44. The number of fused-ring (bicyclic) bond motifs is 1. The van der Waals surface area contributed by atoms with Gasteiger partial charge in [-0.3, -0.25) is 0 Å². The molecule has 1 unspecified atom stereocenters. The molecule has 10 heteroatoms. The lowest BCUT2D eigenvalue weighted by Crippen LogP contribution is -2.44. The van der Waals surface area contributed by atoms with Crippen molar-refractivity contribution in [2.45, 2.75) is 12.5 Å². The maximum absolute atomic E-state index is 12.6. The van der Waals surface area contributed by atoms with Crippen molar-refractivity contribution in [3.63, 3.8) is 0 Å². The number of rotatable bonds is 7. The van der Waals surface area contributed by atoms with Crippen molar-refractivity contribution >= 4 is 51.6 Å². The van der Waals surface area contributed by atoms with Gasteiger partial charge in [0.05, 0.1) is 30.7 Å². The average molecular weight is 583 g/mol. The molecule has 2 aromatic carbocycles. The smallest absolute Gasteiger partial charge is 0.338 e. The molecule has 0 amide bonds. The van der Waals surface area contributed by atoms with Gasteiger partial charge in [0.1, 0.15) is 9.22 Å². The first kappa shape index (κ1) is 23.2.